The van der Waals surface area contributed by atoms with Crippen LogP contribution in [0.1, 0.15) is 71.7 Å². The number of carbonyl (C=O) groups excluding carboxylic acids is 4. The van der Waals surface area contributed by atoms with Crippen LogP contribution in [0.2, 0.25) is 0 Å². The van der Waals surface area contributed by atoms with E-state index in [4.69, 9.17) is 23.7 Å². The zero-order valence-corrected chi connectivity index (χ0v) is 22.4. The van der Waals surface area contributed by atoms with Crippen LogP contribution in [0.15, 0.2) is 30.3 Å². The Morgan fingerprint density at radius 1 is 0.811 bits per heavy atom. The van der Waals surface area contributed by atoms with Crippen LogP contribution in [0.25, 0.3) is 0 Å². The number of rotatable bonds is 5. The van der Waals surface area contributed by atoms with E-state index in [-0.39, 0.29) is 5.92 Å². The molecule has 9 heteroatoms. The van der Waals surface area contributed by atoms with E-state index in [1.54, 1.807) is 30.3 Å². The fourth-order valence-corrected chi connectivity index (χ4v) is 7.19. The number of fused-ring (bicyclic) bond motifs is 1. The van der Waals surface area contributed by atoms with Gasteiger partial charge in [-0.25, -0.2) is 4.79 Å². The van der Waals surface area contributed by atoms with Gasteiger partial charge in [-0.05, 0) is 51.7 Å². The van der Waals surface area contributed by atoms with Crippen molar-refractivity contribution in [2.75, 3.05) is 0 Å². The topological polar surface area (TPSA) is 114 Å². The summed E-state index contributed by atoms with van der Waals surface area (Å²) in [4.78, 5) is 50.5. The van der Waals surface area contributed by atoms with Gasteiger partial charge in [0.2, 0.25) is 0 Å². The summed E-state index contributed by atoms with van der Waals surface area (Å²) >= 11 is 0. The van der Waals surface area contributed by atoms with Crippen molar-refractivity contribution >= 4 is 23.9 Å². The minimum absolute atomic E-state index is 0.172. The fraction of sp³-hybridized carbons (Fsp3) is 0.643. The summed E-state index contributed by atoms with van der Waals surface area (Å²) in [6.07, 6.45) is -2.61. The molecular weight excluding hydrogens is 480 g/mol. The van der Waals surface area contributed by atoms with Gasteiger partial charge in [-0.2, -0.15) is 0 Å². The second-order valence-corrected chi connectivity index (χ2v) is 11.2. The molecule has 0 unspecified atom stereocenters. The summed E-state index contributed by atoms with van der Waals surface area (Å²) < 4.78 is 30.8. The van der Waals surface area contributed by atoms with Crippen molar-refractivity contribution in [3.05, 3.63) is 35.9 Å². The normalized spacial score (nSPS) is 37.6. The molecule has 1 aromatic carbocycles. The molecule has 0 radical (unpaired) electrons. The summed E-state index contributed by atoms with van der Waals surface area (Å²) in [5.41, 5.74) is -3.04. The highest BCUT2D eigenvalue weighted by Gasteiger charge is 2.82. The van der Waals surface area contributed by atoms with E-state index < -0.39 is 70.8 Å². The van der Waals surface area contributed by atoms with Gasteiger partial charge in [0, 0.05) is 20.8 Å². The summed E-state index contributed by atoms with van der Waals surface area (Å²) in [6.45, 7) is 11.4. The van der Waals surface area contributed by atoms with Crippen LogP contribution in [-0.2, 0) is 38.1 Å². The van der Waals surface area contributed by atoms with Crippen molar-refractivity contribution in [2.24, 2.45) is 17.3 Å². The summed E-state index contributed by atoms with van der Waals surface area (Å²) in [5, 5.41) is 0. The molecule has 0 aromatic heterocycles. The highest BCUT2D eigenvalue weighted by Crippen LogP contribution is 2.68. The van der Waals surface area contributed by atoms with Gasteiger partial charge >= 0.3 is 23.9 Å². The van der Waals surface area contributed by atoms with Crippen molar-refractivity contribution < 1.29 is 42.9 Å². The van der Waals surface area contributed by atoms with Crippen LogP contribution in [0.3, 0.4) is 0 Å². The summed E-state index contributed by atoms with van der Waals surface area (Å²) in [7, 11) is 0. The molecule has 1 aromatic rings. The molecule has 1 spiro atoms. The standard InChI is InChI=1S/C28H36O9/c1-15-13-14-20(33-16(2)29)27(7)24(36-25(32)19-11-9-8-10-12-19)22(34-17(3)30)21-23(35-18(4)31)28(15,27)37-26(21,5)6/h8-12,15,20-24H,13-14H2,1-7H3/t15-,20+,21-,22-,23-,24+,27+,28-/m1/s1. The van der Waals surface area contributed by atoms with Gasteiger partial charge in [0.05, 0.1) is 22.5 Å². The molecule has 0 N–H and O–H groups in total. The molecule has 3 fully saturated rings. The molecule has 202 valence electrons. The van der Waals surface area contributed by atoms with Crippen molar-refractivity contribution in [2.45, 2.75) is 96.9 Å². The molecule has 1 saturated heterocycles. The first-order valence-electron chi connectivity index (χ1n) is 12.7. The number of hydrogen-bond acceptors (Lipinski definition) is 9. The molecule has 9 nitrogen and oxygen atoms in total. The molecule has 8 atom stereocenters. The Morgan fingerprint density at radius 3 is 1.97 bits per heavy atom. The lowest BCUT2D eigenvalue weighted by molar-refractivity contribution is -0.299. The minimum atomic E-state index is -1.23. The molecule has 1 heterocycles. The first-order chi connectivity index (χ1) is 17.3. The highest BCUT2D eigenvalue weighted by molar-refractivity contribution is 5.89. The molecule has 2 bridgehead atoms. The van der Waals surface area contributed by atoms with Gasteiger partial charge in [0.15, 0.2) is 6.10 Å². The third-order valence-electron chi connectivity index (χ3n) is 8.48. The average Bonchev–Trinajstić information content (AvgIpc) is 3.00. The Hall–Kier alpha value is -2.94. The van der Waals surface area contributed by atoms with E-state index in [9.17, 15) is 19.2 Å². The average molecular weight is 517 g/mol. The van der Waals surface area contributed by atoms with E-state index in [2.05, 4.69) is 0 Å². The van der Waals surface area contributed by atoms with Gasteiger partial charge in [0.25, 0.3) is 0 Å². The van der Waals surface area contributed by atoms with Crippen molar-refractivity contribution in [3.63, 3.8) is 0 Å². The summed E-state index contributed by atoms with van der Waals surface area (Å²) in [5.74, 6) is -3.03. The fourth-order valence-electron chi connectivity index (χ4n) is 7.19. The van der Waals surface area contributed by atoms with Gasteiger partial charge in [-0.15, -0.1) is 0 Å². The molecule has 2 saturated carbocycles. The third-order valence-corrected chi connectivity index (χ3v) is 8.48. The van der Waals surface area contributed by atoms with Crippen molar-refractivity contribution in [1.29, 1.82) is 0 Å². The maximum atomic E-state index is 13.4. The number of hydrogen-bond donors (Lipinski definition) is 0. The molecular formula is C28H36O9. The number of ether oxygens (including phenoxy) is 5. The van der Waals surface area contributed by atoms with Gasteiger partial charge < -0.3 is 23.7 Å². The molecule has 4 rings (SSSR count). The smallest absolute Gasteiger partial charge is 0.338 e. The second kappa shape index (κ2) is 9.42. The van der Waals surface area contributed by atoms with E-state index in [0.717, 1.165) is 0 Å². The van der Waals surface area contributed by atoms with E-state index >= 15 is 0 Å². The van der Waals surface area contributed by atoms with Gasteiger partial charge in [-0.1, -0.05) is 25.1 Å². The largest absolute Gasteiger partial charge is 0.462 e. The molecule has 1 aliphatic heterocycles. The van der Waals surface area contributed by atoms with E-state index in [0.29, 0.717) is 18.4 Å². The van der Waals surface area contributed by atoms with E-state index in [1.165, 1.54) is 20.8 Å². The predicted molar refractivity (Wildman–Crippen MR) is 130 cm³/mol. The van der Waals surface area contributed by atoms with Crippen LogP contribution in [0, 0.1) is 17.3 Å². The van der Waals surface area contributed by atoms with Crippen molar-refractivity contribution in [1.82, 2.24) is 0 Å². The Bertz CT molecular complexity index is 1080. The lowest BCUT2D eigenvalue weighted by Gasteiger charge is -2.62. The molecule has 0 amide bonds. The first kappa shape index (κ1) is 27.1. The lowest BCUT2D eigenvalue weighted by Crippen LogP contribution is -2.76. The Kier molecular flexibility index (Phi) is 6.90. The van der Waals surface area contributed by atoms with Crippen LogP contribution in [0.4, 0.5) is 0 Å². The Labute approximate surface area is 217 Å². The lowest BCUT2D eigenvalue weighted by atomic mass is 9.48. The highest BCUT2D eigenvalue weighted by atomic mass is 16.6. The van der Waals surface area contributed by atoms with Crippen LogP contribution < -0.4 is 0 Å². The van der Waals surface area contributed by atoms with Gasteiger partial charge in [-0.3, -0.25) is 14.4 Å². The van der Waals surface area contributed by atoms with Crippen LogP contribution >= 0.6 is 0 Å². The Balaban J connectivity index is 1.96. The quantitative estimate of drug-likeness (QED) is 0.427. The van der Waals surface area contributed by atoms with Crippen LogP contribution in [-0.4, -0.2) is 59.5 Å². The van der Waals surface area contributed by atoms with Gasteiger partial charge in [0.1, 0.15) is 23.9 Å². The predicted octanol–water partition coefficient (Wildman–Crippen LogP) is 3.62. The number of benzene rings is 1. The van der Waals surface area contributed by atoms with E-state index in [1.807, 2.05) is 27.7 Å². The zero-order valence-electron chi connectivity index (χ0n) is 22.4. The number of esters is 4. The third kappa shape index (κ3) is 4.21. The molecule has 3 aliphatic rings. The zero-order chi connectivity index (χ0) is 27.3. The maximum Gasteiger partial charge on any atom is 0.338 e. The Morgan fingerprint density at radius 2 is 1.41 bits per heavy atom. The first-order valence-corrected chi connectivity index (χ1v) is 12.7. The summed E-state index contributed by atoms with van der Waals surface area (Å²) in [6, 6.07) is 8.50. The maximum absolute atomic E-state index is 13.4. The van der Waals surface area contributed by atoms with Crippen LogP contribution in [0.5, 0.6) is 0 Å². The molecule has 37 heavy (non-hydrogen) atoms. The monoisotopic (exact) mass is 516 g/mol. The minimum Gasteiger partial charge on any atom is -0.462 e. The number of carbonyl (C=O) groups is 4. The molecule has 2 aliphatic carbocycles. The SMILES string of the molecule is CC(=O)O[C@@H]1[C@@H]2[C@@H](OC(C)=O)[C@]3(OC2(C)C)[C@H](C)CC[C@H](OC(C)=O)[C@@]3(C)[C@H]1OC(=O)c1ccccc1. The second-order valence-electron chi connectivity index (χ2n) is 11.2. The van der Waals surface area contributed by atoms with Crippen molar-refractivity contribution in [3.8, 4) is 0 Å².